The van der Waals surface area contributed by atoms with Gasteiger partial charge < -0.3 is 16.0 Å². The molecule has 1 aliphatic heterocycles. The van der Waals surface area contributed by atoms with E-state index in [0.29, 0.717) is 5.92 Å². The van der Waals surface area contributed by atoms with Crippen LogP contribution in [0.5, 0.6) is 0 Å². The Kier molecular flexibility index (Phi) is 6.07. The van der Waals surface area contributed by atoms with Gasteiger partial charge >= 0.3 is 0 Å². The highest BCUT2D eigenvalue weighted by Gasteiger charge is 2.21. The maximum Gasteiger partial charge on any atom is 0.242 e. The van der Waals surface area contributed by atoms with Gasteiger partial charge in [-0.3, -0.25) is 14.5 Å². The topological polar surface area (TPSA) is 78.7 Å². The number of carbonyl (C=O) groups is 2. The van der Waals surface area contributed by atoms with E-state index >= 15 is 0 Å². The zero-order chi connectivity index (χ0) is 13.5. The summed E-state index contributed by atoms with van der Waals surface area (Å²) >= 11 is 0. The average molecular weight is 256 g/mol. The normalized spacial score (nSPS) is 17.0. The fraction of sp³-hybridized carbons (Fsp3) is 0.833. The van der Waals surface area contributed by atoms with Gasteiger partial charge in [0.05, 0.1) is 13.1 Å². The van der Waals surface area contributed by atoms with Crippen molar-refractivity contribution < 1.29 is 9.59 Å². The SMILES string of the molecule is CC(C)CN1CCN(C(=O)CNC(=O)CN)CC1. The van der Waals surface area contributed by atoms with Crippen LogP contribution in [0.4, 0.5) is 0 Å². The summed E-state index contributed by atoms with van der Waals surface area (Å²) in [6.07, 6.45) is 0. The minimum atomic E-state index is -0.290. The molecule has 1 rings (SSSR count). The van der Waals surface area contributed by atoms with Crippen LogP contribution in [-0.4, -0.2) is 67.4 Å². The molecule has 1 fully saturated rings. The molecule has 0 aromatic heterocycles. The minimum absolute atomic E-state index is 0.0269. The predicted octanol–water partition coefficient (Wildman–Crippen LogP) is -1.14. The first-order valence-electron chi connectivity index (χ1n) is 6.49. The Morgan fingerprint density at radius 2 is 1.83 bits per heavy atom. The number of nitrogens with zero attached hydrogens (tertiary/aromatic N) is 2. The minimum Gasteiger partial charge on any atom is -0.346 e. The molecule has 3 N–H and O–H groups in total. The van der Waals surface area contributed by atoms with E-state index in [2.05, 4.69) is 24.1 Å². The highest BCUT2D eigenvalue weighted by molar-refractivity contribution is 5.85. The Hall–Kier alpha value is -1.14. The third-order valence-corrected chi connectivity index (χ3v) is 2.97. The molecular formula is C12H24N4O2. The Bertz CT molecular complexity index is 286. The third-order valence-electron chi connectivity index (χ3n) is 2.97. The number of carbonyl (C=O) groups excluding carboxylic acids is 2. The molecule has 0 unspecified atom stereocenters. The van der Waals surface area contributed by atoms with E-state index in [1.54, 1.807) is 4.90 Å². The van der Waals surface area contributed by atoms with Gasteiger partial charge in [-0.25, -0.2) is 0 Å². The fourth-order valence-electron chi connectivity index (χ4n) is 2.05. The summed E-state index contributed by atoms with van der Waals surface area (Å²) in [7, 11) is 0. The molecule has 0 aliphatic carbocycles. The highest BCUT2D eigenvalue weighted by Crippen LogP contribution is 2.05. The summed E-state index contributed by atoms with van der Waals surface area (Å²) in [4.78, 5) is 26.9. The van der Waals surface area contributed by atoms with Gasteiger partial charge in [-0.2, -0.15) is 0 Å². The second-order valence-corrected chi connectivity index (χ2v) is 5.06. The van der Waals surface area contributed by atoms with Gasteiger partial charge in [-0.15, -0.1) is 0 Å². The van der Waals surface area contributed by atoms with Crippen LogP contribution < -0.4 is 11.1 Å². The maximum absolute atomic E-state index is 11.8. The molecule has 0 atom stereocenters. The van der Waals surface area contributed by atoms with Crippen molar-refractivity contribution in [3.05, 3.63) is 0 Å². The van der Waals surface area contributed by atoms with Gasteiger partial charge in [0.2, 0.25) is 11.8 Å². The van der Waals surface area contributed by atoms with Crippen molar-refractivity contribution in [3.63, 3.8) is 0 Å². The van der Waals surface area contributed by atoms with Crippen LogP contribution in [0.25, 0.3) is 0 Å². The average Bonchev–Trinajstić information content (AvgIpc) is 2.35. The zero-order valence-electron chi connectivity index (χ0n) is 11.3. The molecule has 6 heteroatoms. The first-order chi connectivity index (χ1) is 8.52. The van der Waals surface area contributed by atoms with E-state index in [1.807, 2.05) is 0 Å². The van der Waals surface area contributed by atoms with Gasteiger partial charge in [0.25, 0.3) is 0 Å². The largest absolute Gasteiger partial charge is 0.346 e. The smallest absolute Gasteiger partial charge is 0.242 e. The first kappa shape index (κ1) is 14.9. The maximum atomic E-state index is 11.8. The molecule has 1 aliphatic rings. The van der Waals surface area contributed by atoms with Gasteiger partial charge in [-0.1, -0.05) is 13.8 Å². The molecule has 6 nitrogen and oxygen atoms in total. The molecular weight excluding hydrogens is 232 g/mol. The number of amides is 2. The van der Waals surface area contributed by atoms with Crippen molar-refractivity contribution in [2.24, 2.45) is 11.7 Å². The predicted molar refractivity (Wildman–Crippen MR) is 69.9 cm³/mol. The Balaban J connectivity index is 2.25. The van der Waals surface area contributed by atoms with E-state index in [1.165, 1.54) is 0 Å². The zero-order valence-corrected chi connectivity index (χ0v) is 11.3. The molecule has 1 saturated heterocycles. The fourth-order valence-corrected chi connectivity index (χ4v) is 2.05. The number of hydrogen-bond acceptors (Lipinski definition) is 4. The molecule has 0 bridgehead atoms. The van der Waals surface area contributed by atoms with Gasteiger partial charge in [0, 0.05) is 32.7 Å². The van der Waals surface area contributed by atoms with Crippen molar-refractivity contribution >= 4 is 11.8 Å². The third kappa shape index (κ3) is 5.01. The lowest BCUT2D eigenvalue weighted by Gasteiger charge is -2.35. The Labute approximate surface area is 108 Å². The van der Waals surface area contributed by atoms with E-state index in [4.69, 9.17) is 5.73 Å². The number of nitrogens with one attached hydrogen (secondary N) is 1. The highest BCUT2D eigenvalue weighted by atomic mass is 16.2. The van der Waals surface area contributed by atoms with E-state index in [-0.39, 0.29) is 24.9 Å². The lowest BCUT2D eigenvalue weighted by molar-refractivity contribution is -0.134. The first-order valence-corrected chi connectivity index (χ1v) is 6.49. The van der Waals surface area contributed by atoms with E-state index in [0.717, 1.165) is 32.7 Å². The number of rotatable bonds is 5. The van der Waals surface area contributed by atoms with Crippen LogP contribution >= 0.6 is 0 Å². The molecule has 1 heterocycles. The Morgan fingerprint density at radius 1 is 1.22 bits per heavy atom. The summed E-state index contributed by atoms with van der Waals surface area (Å²) < 4.78 is 0. The van der Waals surface area contributed by atoms with Crippen LogP contribution in [0.3, 0.4) is 0 Å². The monoisotopic (exact) mass is 256 g/mol. The van der Waals surface area contributed by atoms with Crippen LogP contribution in [0, 0.1) is 5.92 Å². The number of piperazine rings is 1. The number of hydrogen-bond donors (Lipinski definition) is 2. The summed E-state index contributed by atoms with van der Waals surface area (Å²) in [5, 5.41) is 2.50. The van der Waals surface area contributed by atoms with Gasteiger partial charge in [0.1, 0.15) is 0 Å². The molecule has 18 heavy (non-hydrogen) atoms. The van der Waals surface area contributed by atoms with Gasteiger partial charge in [-0.05, 0) is 5.92 Å². The molecule has 2 amide bonds. The van der Waals surface area contributed by atoms with Crippen LogP contribution in [0.1, 0.15) is 13.8 Å². The second-order valence-electron chi connectivity index (χ2n) is 5.06. The van der Waals surface area contributed by atoms with Crippen molar-refractivity contribution in [3.8, 4) is 0 Å². The summed E-state index contributed by atoms with van der Waals surface area (Å²) in [6, 6.07) is 0. The van der Waals surface area contributed by atoms with Crippen molar-refractivity contribution in [1.29, 1.82) is 0 Å². The molecule has 0 aromatic carbocycles. The molecule has 0 spiro atoms. The Morgan fingerprint density at radius 3 is 2.33 bits per heavy atom. The summed E-state index contributed by atoms with van der Waals surface area (Å²) in [5.74, 6) is 0.332. The van der Waals surface area contributed by atoms with Gasteiger partial charge in [0.15, 0.2) is 0 Å². The lowest BCUT2D eigenvalue weighted by Crippen LogP contribution is -2.52. The molecule has 104 valence electrons. The van der Waals surface area contributed by atoms with E-state index < -0.39 is 0 Å². The second kappa shape index (κ2) is 7.33. The van der Waals surface area contributed by atoms with Crippen LogP contribution in [-0.2, 0) is 9.59 Å². The molecule has 0 aromatic rings. The van der Waals surface area contributed by atoms with Crippen molar-refractivity contribution in [2.75, 3.05) is 45.8 Å². The summed E-state index contributed by atoms with van der Waals surface area (Å²) in [5.41, 5.74) is 5.16. The van der Waals surface area contributed by atoms with Crippen LogP contribution in [0.2, 0.25) is 0 Å². The van der Waals surface area contributed by atoms with Crippen molar-refractivity contribution in [2.45, 2.75) is 13.8 Å². The van der Waals surface area contributed by atoms with Crippen LogP contribution in [0.15, 0.2) is 0 Å². The van der Waals surface area contributed by atoms with E-state index in [9.17, 15) is 9.59 Å². The number of nitrogens with two attached hydrogens (primary N) is 1. The van der Waals surface area contributed by atoms with Crippen molar-refractivity contribution in [1.82, 2.24) is 15.1 Å². The summed E-state index contributed by atoms with van der Waals surface area (Å²) in [6.45, 7) is 8.75. The standard InChI is InChI=1S/C12H24N4O2/c1-10(2)9-15-3-5-16(6-4-15)12(18)8-14-11(17)7-13/h10H,3-9,13H2,1-2H3,(H,14,17). The lowest BCUT2D eigenvalue weighted by atomic mass is 10.2. The quantitative estimate of drug-likeness (QED) is 0.652. The molecule has 0 radical (unpaired) electrons. The molecule has 0 saturated carbocycles.